The van der Waals surface area contributed by atoms with Crippen LogP contribution in [0.4, 0.5) is 5.69 Å². The molecule has 4 rings (SSSR count). The van der Waals surface area contributed by atoms with E-state index in [2.05, 4.69) is 19.2 Å². The molecule has 0 fully saturated rings. The third kappa shape index (κ3) is 4.40. The molecule has 2 aliphatic rings. The third-order valence-electron chi connectivity index (χ3n) is 5.06. The second-order valence-electron chi connectivity index (χ2n) is 7.93. The molecule has 2 aromatic carbocycles. The van der Waals surface area contributed by atoms with Gasteiger partial charge in [0.2, 0.25) is 6.79 Å². The average Bonchev–Trinajstić information content (AvgIpc) is 3.34. The lowest BCUT2D eigenvalue weighted by Crippen LogP contribution is -2.35. The number of carbonyl (C=O) groups excluding carboxylic acids is 2. The van der Waals surface area contributed by atoms with Gasteiger partial charge in [-0.1, -0.05) is 26.0 Å². The van der Waals surface area contributed by atoms with Crippen molar-refractivity contribution in [3.05, 3.63) is 53.7 Å². The second kappa shape index (κ2) is 9.32. The molecular weight excluding hydrogens is 412 g/mol. The zero-order chi connectivity index (χ0) is 22.7. The molecule has 8 nitrogen and oxygen atoms in total. The number of amides is 2. The zero-order valence-electron chi connectivity index (χ0n) is 18.3. The van der Waals surface area contributed by atoms with Gasteiger partial charge in [0.1, 0.15) is 11.4 Å². The number of fused-ring (bicyclic) bond motifs is 1. The molecule has 0 bridgehead atoms. The van der Waals surface area contributed by atoms with Gasteiger partial charge in [0.15, 0.2) is 11.5 Å². The van der Waals surface area contributed by atoms with Gasteiger partial charge in [-0.3, -0.25) is 14.5 Å². The SMILES string of the molecule is COCCN1C(=O)C(Nc2ccc3c(c2)OCO3)=C(c2ccc(OCC(C)C)cc2)C1=O. The van der Waals surface area contributed by atoms with Crippen LogP contribution in [0.25, 0.3) is 5.57 Å². The Morgan fingerprint density at radius 3 is 2.50 bits per heavy atom. The maximum absolute atomic E-state index is 13.2. The number of nitrogens with zero attached hydrogens (tertiary/aromatic N) is 1. The minimum Gasteiger partial charge on any atom is -0.493 e. The maximum Gasteiger partial charge on any atom is 0.278 e. The first kappa shape index (κ1) is 21.7. The van der Waals surface area contributed by atoms with Crippen molar-refractivity contribution in [2.45, 2.75) is 13.8 Å². The van der Waals surface area contributed by atoms with Gasteiger partial charge < -0.3 is 24.3 Å². The first-order valence-corrected chi connectivity index (χ1v) is 10.5. The lowest BCUT2D eigenvalue weighted by atomic mass is 10.0. The van der Waals surface area contributed by atoms with Crippen LogP contribution in [0.2, 0.25) is 0 Å². The van der Waals surface area contributed by atoms with Crippen LogP contribution in [0.15, 0.2) is 48.2 Å². The van der Waals surface area contributed by atoms with Crippen LogP contribution in [-0.2, 0) is 14.3 Å². The predicted octanol–water partition coefficient (Wildman–Crippen LogP) is 3.29. The fourth-order valence-corrected chi connectivity index (χ4v) is 3.44. The van der Waals surface area contributed by atoms with Crippen molar-refractivity contribution >= 4 is 23.1 Å². The highest BCUT2D eigenvalue weighted by Gasteiger charge is 2.39. The van der Waals surface area contributed by atoms with Crippen LogP contribution in [-0.4, -0.2) is 50.4 Å². The molecule has 2 aliphatic heterocycles. The molecule has 0 spiro atoms. The summed E-state index contributed by atoms with van der Waals surface area (Å²) in [5.74, 6) is 1.56. The lowest BCUT2D eigenvalue weighted by molar-refractivity contribution is -0.137. The number of carbonyl (C=O) groups is 2. The third-order valence-corrected chi connectivity index (χ3v) is 5.06. The van der Waals surface area contributed by atoms with E-state index in [4.69, 9.17) is 18.9 Å². The number of ether oxygens (including phenoxy) is 4. The van der Waals surface area contributed by atoms with E-state index in [0.29, 0.717) is 46.6 Å². The summed E-state index contributed by atoms with van der Waals surface area (Å²) in [6, 6.07) is 12.5. The lowest BCUT2D eigenvalue weighted by Gasteiger charge is -2.14. The van der Waals surface area contributed by atoms with Gasteiger partial charge in [-0.2, -0.15) is 0 Å². The molecule has 0 saturated heterocycles. The number of imide groups is 1. The molecule has 2 aromatic rings. The molecule has 0 aromatic heterocycles. The molecule has 2 amide bonds. The van der Waals surface area contributed by atoms with Crippen LogP contribution in [0.5, 0.6) is 17.2 Å². The molecule has 0 atom stereocenters. The molecule has 168 valence electrons. The highest BCUT2D eigenvalue weighted by molar-refractivity contribution is 6.36. The largest absolute Gasteiger partial charge is 0.493 e. The van der Waals surface area contributed by atoms with Crippen molar-refractivity contribution in [1.29, 1.82) is 0 Å². The molecule has 1 N–H and O–H groups in total. The quantitative estimate of drug-likeness (QED) is 0.601. The number of hydrogen-bond donors (Lipinski definition) is 1. The first-order chi connectivity index (χ1) is 15.5. The summed E-state index contributed by atoms with van der Waals surface area (Å²) < 4.78 is 21.6. The van der Waals surface area contributed by atoms with Crippen molar-refractivity contribution in [2.75, 3.05) is 39.0 Å². The van der Waals surface area contributed by atoms with Gasteiger partial charge in [-0.25, -0.2) is 0 Å². The van der Waals surface area contributed by atoms with E-state index in [1.165, 1.54) is 12.0 Å². The van der Waals surface area contributed by atoms with Crippen molar-refractivity contribution in [1.82, 2.24) is 4.90 Å². The van der Waals surface area contributed by atoms with Crippen LogP contribution in [0.3, 0.4) is 0 Å². The van der Waals surface area contributed by atoms with Crippen LogP contribution in [0.1, 0.15) is 19.4 Å². The number of nitrogens with one attached hydrogen (secondary N) is 1. The molecule has 2 heterocycles. The van der Waals surface area contributed by atoms with E-state index in [1.807, 2.05) is 0 Å². The normalized spacial score (nSPS) is 15.2. The van der Waals surface area contributed by atoms with E-state index >= 15 is 0 Å². The van der Waals surface area contributed by atoms with Crippen molar-refractivity contribution in [3.8, 4) is 17.2 Å². The van der Waals surface area contributed by atoms with Crippen LogP contribution < -0.4 is 19.5 Å². The number of anilines is 1. The Morgan fingerprint density at radius 1 is 1.03 bits per heavy atom. The van der Waals surface area contributed by atoms with Gasteiger partial charge >= 0.3 is 0 Å². The highest BCUT2D eigenvalue weighted by Crippen LogP contribution is 2.36. The number of benzene rings is 2. The van der Waals surface area contributed by atoms with Gasteiger partial charge in [-0.05, 0) is 35.7 Å². The van der Waals surface area contributed by atoms with Gasteiger partial charge in [-0.15, -0.1) is 0 Å². The summed E-state index contributed by atoms with van der Waals surface area (Å²) in [7, 11) is 1.53. The molecule has 0 aliphatic carbocycles. The fraction of sp³-hybridized carbons (Fsp3) is 0.333. The molecule has 0 unspecified atom stereocenters. The van der Waals surface area contributed by atoms with Crippen molar-refractivity contribution in [2.24, 2.45) is 5.92 Å². The minimum atomic E-state index is -0.403. The van der Waals surface area contributed by atoms with E-state index < -0.39 is 5.91 Å². The van der Waals surface area contributed by atoms with E-state index in [-0.39, 0.29) is 31.5 Å². The summed E-state index contributed by atoms with van der Waals surface area (Å²) in [6.45, 7) is 5.32. The summed E-state index contributed by atoms with van der Waals surface area (Å²) in [6.07, 6.45) is 0. The topological polar surface area (TPSA) is 86.3 Å². The summed E-state index contributed by atoms with van der Waals surface area (Å²) in [5, 5.41) is 3.12. The fourth-order valence-electron chi connectivity index (χ4n) is 3.44. The van der Waals surface area contributed by atoms with E-state index in [1.54, 1.807) is 42.5 Å². The Hall–Kier alpha value is -3.52. The number of hydrogen-bond acceptors (Lipinski definition) is 7. The van der Waals surface area contributed by atoms with Crippen LogP contribution >= 0.6 is 0 Å². The Labute approximate surface area is 186 Å². The number of methoxy groups -OCH3 is 1. The summed E-state index contributed by atoms with van der Waals surface area (Å²) >= 11 is 0. The van der Waals surface area contributed by atoms with E-state index in [9.17, 15) is 9.59 Å². The van der Waals surface area contributed by atoms with Gasteiger partial charge in [0, 0.05) is 18.9 Å². The Balaban J connectivity index is 1.66. The van der Waals surface area contributed by atoms with Gasteiger partial charge in [0.25, 0.3) is 11.8 Å². The molecule has 0 saturated carbocycles. The standard InChI is InChI=1S/C24H26N2O6/c1-15(2)13-30-18-7-4-16(5-8-18)21-22(24(28)26(23(21)27)10-11-29-3)25-17-6-9-19-20(12-17)32-14-31-19/h4-9,12,15,25H,10-11,13-14H2,1-3H3. The molecule has 8 heteroatoms. The zero-order valence-corrected chi connectivity index (χ0v) is 18.3. The van der Waals surface area contributed by atoms with Crippen molar-refractivity contribution in [3.63, 3.8) is 0 Å². The summed E-state index contributed by atoms with van der Waals surface area (Å²) in [5.41, 5.74) is 1.76. The molecular formula is C24H26N2O6. The van der Waals surface area contributed by atoms with Crippen LogP contribution in [0, 0.1) is 5.92 Å². The monoisotopic (exact) mass is 438 g/mol. The average molecular weight is 438 g/mol. The smallest absolute Gasteiger partial charge is 0.278 e. The number of rotatable bonds is 9. The second-order valence-corrected chi connectivity index (χ2v) is 7.93. The predicted molar refractivity (Wildman–Crippen MR) is 118 cm³/mol. The maximum atomic E-state index is 13.2. The Kier molecular flexibility index (Phi) is 6.32. The highest BCUT2D eigenvalue weighted by atomic mass is 16.7. The summed E-state index contributed by atoms with van der Waals surface area (Å²) in [4.78, 5) is 27.5. The minimum absolute atomic E-state index is 0.153. The molecule has 0 radical (unpaired) electrons. The Bertz CT molecular complexity index is 1040. The van der Waals surface area contributed by atoms with E-state index in [0.717, 1.165) is 0 Å². The Morgan fingerprint density at radius 2 is 1.78 bits per heavy atom. The molecule has 32 heavy (non-hydrogen) atoms. The van der Waals surface area contributed by atoms with Gasteiger partial charge in [0.05, 0.1) is 25.3 Å². The first-order valence-electron chi connectivity index (χ1n) is 10.5. The van der Waals surface area contributed by atoms with Crippen molar-refractivity contribution < 1.29 is 28.5 Å².